The Hall–Kier alpha value is -2.07. The van der Waals surface area contributed by atoms with Crippen LogP contribution in [-0.2, 0) is 9.53 Å². The van der Waals surface area contributed by atoms with Crippen molar-refractivity contribution >= 4 is 23.6 Å². The highest BCUT2D eigenvalue weighted by atomic mass is 32.2. The molecule has 0 bridgehead atoms. The van der Waals surface area contributed by atoms with Crippen molar-refractivity contribution in [2.75, 3.05) is 6.61 Å². The molecule has 0 spiro atoms. The van der Waals surface area contributed by atoms with Crippen LogP contribution in [0.5, 0.6) is 0 Å². The van der Waals surface area contributed by atoms with E-state index in [1.807, 2.05) is 6.92 Å². The third-order valence-corrected chi connectivity index (χ3v) is 5.76. The van der Waals surface area contributed by atoms with Crippen molar-refractivity contribution in [1.82, 2.24) is 10.3 Å². The number of pyridine rings is 1. The minimum Gasteiger partial charge on any atom is -0.462 e. The van der Waals surface area contributed by atoms with E-state index < -0.39 is 5.97 Å². The quantitative estimate of drug-likeness (QED) is 0.452. The number of hydrogen-bond acceptors (Lipinski definition) is 6. The molecule has 1 amide bonds. The number of carbonyl (C=O) groups is 2. The third kappa shape index (κ3) is 5.96. The molecule has 1 N–H and O–H groups in total. The first-order valence-corrected chi connectivity index (χ1v) is 10.4. The largest absolute Gasteiger partial charge is 0.462 e. The number of carbonyl (C=O) groups excluding carboxylic acids is 2. The number of hydrogen-bond donors (Lipinski definition) is 1. The second-order valence-electron chi connectivity index (χ2n) is 6.76. The van der Waals surface area contributed by atoms with Crippen molar-refractivity contribution in [3.05, 3.63) is 22.9 Å². The average molecular weight is 390 g/mol. The van der Waals surface area contributed by atoms with Crippen LogP contribution in [0, 0.1) is 18.3 Å². The van der Waals surface area contributed by atoms with Crippen LogP contribution in [0.2, 0.25) is 0 Å². The number of nitrogens with one attached hydrogen (secondary N) is 1. The maximum atomic E-state index is 12.6. The van der Waals surface area contributed by atoms with Gasteiger partial charge in [-0.3, -0.25) is 4.79 Å². The number of rotatable bonds is 6. The van der Waals surface area contributed by atoms with E-state index in [4.69, 9.17) is 4.74 Å². The molecule has 27 heavy (non-hydrogen) atoms. The fourth-order valence-electron chi connectivity index (χ4n) is 3.13. The summed E-state index contributed by atoms with van der Waals surface area (Å²) in [6.45, 7) is 5.50. The predicted octanol–water partition coefficient (Wildman–Crippen LogP) is 3.76. The van der Waals surface area contributed by atoms with Gasteiger partial charge in [0.1, 0.15) is 11.1 Å². The van der Waals surface area contributed by atoms with Gasteiger partial charge in [-0.1, -0.05) is 37.4 Å². The van der Waals surface area contributed by atoms with Crippen LogP contribution in [0.25, 0.3) is 0 Å². The molecule has 0 aromatic carbocycles. The highest BCUT2D eigenvalue weighted by Crippen LogP contribution is 2.27. The summed E-state index contributed by atoms with van der Waals surface area (Å²) >= 11 is 1.25. The number of amides is 1. The number of aryl methyl sites for hydroxylation is 1. The topological polar surface area (TPSA) is 92.1 Å². The second kappa shape index (κ2) is 10.3. The SMILES string of the molecule is CCOC(=O)c1cc(C#N)c(S[C@H](C)C(=O)NC2CCCCCC2)nc1C. The average Bonchev–Trinajstić information content (AvgIpc) is 2.90. The Morgan fingerprint density at radius 2 is 2.04 bits per heavy atom. The van der Waals surface area contributed by atoms with Crippen LogP contribution < -0.4 is 5.32 Å². The third-order valence-electron chi connectivity index (χ3n) is 4.65. The normalized spacial score (nSPS) is 16.1. The van der Waals surface area contributed by atoms with Crippen molar-refractivity contribution in [3.63, 3.8) is 0 Å². The zero-order valence-electron chi connectivity index (χ0n) is 16.2. The molecule has 1 fully saturated rings. The second-order valence-corrected chi connectivity index (χ2v) is 8.09. The molecule has 0 unspecified atom stereocenters. The van der Waals surface area contributed by atoms with Gasteiger partial charge in [0, 0.05) is 6.04 Å². The molecule has 1 aliphatic rings. The fraction of sp³-hybridized carbons (Fsp3) is 0.600. The zero-order chi connectivity index (χ0) is 19.8. The standard InChI is InChI=1S/C20H27N3O3S/c1-4-26-20(25)17-11-15(12-21)19(22-13(17)2)27-14(3)18(24)23-16-9-7-5-6-8-10-16/h11,14,16H,4-10H2,1-3H3,(H,23,24)/t14-/m1/s1. The van der Waals surface area contributed by atoms with Gasteiger partial charge in [-0.2, -0.15) is 5.26 Å². The van der Waals surface area contributed by atoms with Gasteiger partial charge in [-0.25, -0.2) is 9.78 Å². The Bertz CT molecular complexity index is 722. The van der Waals surface area contributed by atoms with Crippen LogP contribution in [-0.4, -0.2) is 34.8 Å². The fourth-order valence-corrected chi connectivity index (χ4v) is 4.06. The summed E-state index contributed by atoms with van der Waals surface area (Å²) in [6.07, 6.45) is 6.83. The van der Waals surface area contributed by atoms with Gasteiger partial charge in [-0.15, -0.1) is 0 Å². The molecular weight excluding hydrogens is 362 g/mol. The maximum Gasteiger partial charge on any atom is 0.340 e. The van der Waals surface area contributed by atoms with E-state index >= 15 is 0 Å². The summed E-state index contributed by atoms with van der Waals surface area (Å²) in [4.78, 5) is 28.9. The van der Waals surface area contributed by atoms with Crippen LogP contribution >= 0.6 is 11.8 Å². The van der Waals surface area contributed by atoms with Crippen molar-refractivity contribution in [2.24, 2.45) is 0 Å². The summed E-state index contributed by atoms with van der Waals surface area (Å²) in [5.41, 5.74) is 1.06. The minimum absolute atomic E-state index is 0.0373. The first-order valence-electron chi connectivity index (χ1n) is 9.52. The lowest BCUT2D eigenvalue weighted by atomic mass is 10.1. The van der Waals surface area contributed by atoms with Crippen molar-refractivity contribution < 1.29 is 14.3 Å². The molecule has 0 saturated heterocycles. The molecule has 1 heterocycles. The van der Waals surface area contributed by atoms with Gasteiger partial charge in [0.05, 0.1) is 28.7 Å². The molecule has 0 radical (unpaired) electrons. The van der Waals surface area contributed by atoms with Gasteiger partial charge >= 0.3 is 5.97 Å². The smallest absolute Gasteiger partial charge is 0.340 e. The van der Waals surface area contributed by atoms with E-state index in [2.05, 4.69) is 16.4 Å². The van der Waals surface area contributed by atoms with Crippen LogP contribution in [0.3, 0.4) is 0 Å². The minimum atomic E-state index is -0.491. The molecule has 1 aromatic rings. The Morgan fingerprint density at radius 3 is 2.63 bits per heavy atom. The van der Waals surface area contributed by atoms with Crippen molar-refractivity contribution in [1.29, 1.82) is 5.26 Å². The van der Waals surface area contributed by atoms with E-state index in [1.54, 1.807) is 13.8 Å². The number of ether oxygens (including phenoxy) is 1. The Labute approximate surface area is 165 Å². The molecule has 6 nitrogen and oxygen atoms in total. The highest BCUT2D eigenvalue weighted by Gasteiger charge is 2.23. The number of thioether (sulfide) groups is 1. The lowest BCUT2D eigenvalue weighted by molar-refractivity contribution is -0.121. The first kappa shape index (κ1) is 21.2. The van der Waals surface area contributed by atoms with Crippen molar-refractivity contribution in [2.45, 2.75) is 75.6 Å². The van der Waals surface area contributed by atoms with Gasteiger partial charge in [-0.05, 0) is 39.7 Å². The Balaban J connectivity index is 2.08. The summed E-state index contributed by atoms with van der Waals surface area (Å²) in [6, 6.07) is 3.81. The number of nitriles is 1. The molecule has 0 aliphatic heterocycles. The van der Waals surface area contributed by atoms with Crippen LogP contribution in [0.15, 0.2) is 11.1 Å². The summed E-state index contributed by atoms with van der Waals surface area (Å²) < 4.78 is 5.00. The molecule has 146 valence electrons. The summed E-state index contributed by atoms with van der Waals surface area (Å²) in [5.74, 6) is -0.528. The lowest BCUT2D eigenvalue weighted by Gasteiger charge is -2.19. The summed E-state index contributed by atoms with van der Waals surface area (Å²) in [5, 5.41) is 12.7. The Morgan fingerprint density at radius 1 is 1.37 bits per heavy atom. The Kier molecular flexibility index (Phi) is 8.11. The van der Waals surface area contributed by atoms with Gasteiger partial charge in [0.15, 0.2) is 0 Å². The first-order chi connectivity index (χ1) is 13.0. The molecule has 1 atom stereocenters. The van der Waals surface area contributed by atoms with E-state index in [0.29, 0.717) is 10.7 Å². The number of nitrogens with zero attached hydrogens (tertiary/aromatic N) is 2. The van der Waals surface area contributed by atoms with Crippen LogP contribution in [0.1, 0.15) is 74.0 Å². The lowest BCUT2D eigenvalue weighted by Crippen LogP contribution is -2.39. The number of esters is 1. The maximum absolute atomic E-state index is 12.6. The van der Waals surface area contributed by atoms with E-state index in [1.165, 1.54) is 30.7 Å². The highest BCUT2D eigenvalue weighted by molar-refractivity contribution is 8.00. The monoisotopic (exact) mass is 389 g/mol. The van der Waals surface area contributed by atoms with Gasteiger partial charge in [0.25, 0.3) is 0 Å². The van der Waals surface area contributed by atoms with E-state index in [0.717, 1.165) is 25.7 Å². The molecule has 1 aromatic heterocycles. The number of aromatic nitrogens is 1. The predicted molar refractivity (Wildman–Crippen MR) is 105 cm³/mol. The van der Waals surface area contributed by atoms with Crippen LogP contribution in [0.4, 0.5) is 0 Å². The van der Waals surface area contributed by atoms with E-state index in [9.17, 15) is 14.9 Å². The van der Waals surface area contributed by atoms with Gasteiger partial charge in [0.2, 0.25) is 5.91 Å². The molecule has 2 rings (SSSR count). The van der Waals surface area contributed by atoms with Crippen molar-refractivity contribution in [3.8, 4) is 6.07 Å². The molecule has 7 heteroatoms. The summed E-state index contributed by atoms with van der Waals surface area (Å²) in [7, 11) is 0. The van der Waals surface area contributed by atoms with Gasteiger partial charge < -0.3 is 10.1 Å². The molecular formula is C20H27N3O3S. The molecule has 1 saturated carbocycles. The van der Waals surface area contributed by atoms with E-state index in [-0.39, 0.29) is 34.9 Å². The molecule has 1 aliphatic carbocycles. The zero-order valence-corrected chi connectivity index (χ0v) is 17.0.